The number of nitrogens with zero attached hydrogens (tertiary/aromatic N) is 6. The van der Waals surface area contributed by atoms with E-state index >= 15 is 0 Å². The van der Waals surface area contributed by atoms with Crippen molar-refractivity contribution in [3.05, 3.63) is 145 Å². The molecule has 7 aromatic rings. The molecule has 0 fully saturated rings. The van der Waals surface area contributed by atoms with Crippen LogP contribution in [0.3, 0.4) is 0 Å². The van der Waals surface area contributed by atoms with Crippen molar-refractivity contribution in [2.45, 2.75) is 53.9 Å². The number of esters is 4. The molecule has 1 radical (unpaired) electrons. The van der Waals surface area contributed by atoms with Crippen LogP contribution in [0.5, 0.6) is 0 Å². The summed E-state index contributed by atoms with van der Waals surface area (Å²) in [6.45, 7) is 7.74. The fourth-order valence-electron chi connectivity index (χ4n) is 9.03. The van der Waals surface area contributed by atoms with Gasteiger partial charge in [0.25, 0.3) is 0 Å². The topological polar surface area (TPSA) is 240 Å². The summed E-state index contributed by atoms with van der Waals surface area (Å²) in [5, 5.41) is 0. The number of nitrogens with one attached hydrogen (secondary N) is 2. The first-order valence-electron chi connectivity index (χ1n) is 23.9. The van der Waals surface area contributed by atoms with E-state index in [4.69, 9.17) is 28.9 Å². The molecule has 0 atom stereocenters. The van der Waals surface area contributed by atoms with E-state index in [1.807, 2.05) is 164 Å². The van der Waals surface area contributed by atoms with Crippen molar-refractivity contribution in [2.24, 2.45) is 0 Å². The third-order valence-electron chi connectivity index (χ3n) is 12.0. The molecule has 0 aliphatic carbocycles. The number of carbonyl (C=O) groups is 4. The van der Waals surface area contributed by atoms with Gasteiger partial charge in [0.05, 0.1) is 93.5 Å². The van der Waals surface area contributed by atoms with Gasteiger partial charge < -0.3 is 39.9 Å². The molecule has 0 amide bonds. The number of rotatable bonds is 16. The molecule has 0 saturated carbocycles. The zero-order valence-corrected chi connectivity index (χ0v) is 43.0. The molecule has 7 aromatic heterocycles. The van der Waals surface area contributed by atoms with Gasteiger partial charge in [-0.1, -0.05) is 0 Å². The molecule has 19 heteroatoms. The van der Waals surface area contributed by atoms with Crippen molar-refractivity contribution >= 4 is 70.2 Å². The second-order valence-corrected chi connectivity index (χ2v) is 16.6. The normalized spacial score (nSPS) is 11.1. The Balaban J connectivity index is 0.00000305. The van der Waals surface area contributed by atoms with Crippen molar-refractivity contribution in [1.29, 1.82) is 0 Å². The van der Waals surface area contributed by atoms with Crippen molar-refractivity contribution in [3.63, 3.8) is 0 Å². The number of hydrogen-bond acceptors (Lipinski definition) is 11. The van der Waals surface area contributed by atoms with E-state index in [1.54, 1.807) is 27.7 Å². The van der Waals surface area contributed by atoms with Crippen LogP contribution < -0.4 is 18.3 Å². The minimum atomic E-state index is -0.400. The predicted molar refractivity (Wildman–Crippen MR) is 273 cm³/mol. The van der Waals surface area contributed by atoms with Gasteiger partial charge in [0.1, 0.15) is 0 Å². The predicted octanol–water partition coefficient (Wildman–Crippen LogP) is 5.72. The second kappa shape index (κ2) is 25.5. The van der Waals surface area contributed by atoms with Crippen LogP contribution in [-0.4, -0.2) is 81.2 Å². The minimum absolute atomic E-state index is 0. The van der Waals surface area contributed by atoms with Gasteiger partial charge in [0.2, 0.25) is 49.0 Å². The second-order valence-electron chi connectivity index (χ2n) is 16.6. The minimum Gasteiger partial charge on any atom is -0.870 e. The zero-order chi connectivity index (χ0) is 50.1. The number of pyridine rings is 4. The fourth-order valence-corrected chi connectivity index (χ4v) is 9.03. The summed E-state index contributed by atoms with van der Waals surface area (Å²) in [4.78, 5) is 71.0. The van der Waals surface area contributed by atoms with Gasteiger partial charge in [0, 0.05) is 48.5 Å². The summed E-state index contributed by atoms with van der Waals surface area (Å²) in [5.74, 6) is -1.60. The van der Waals surface area contributed by atoms with Gasteiger partial charge in [-0.2, -0.15) is 18.3 Å². The number of hydrogen-bond donors (Lipinski definition) is 2. The maximum atomic E-state index is 13.2. The van der Waals surface area contributed by atoms with Crippen molar-refractivity contribution < 1.29 is 84.4 Å². The molecule has 383 valence electrons. The average molecular weight is 1060 g/mol. The number of ether oxygens (including phenoxy) is 4. The molecule has 2 aliphatic heterocycles. The van der Waals surface area contributed by atoms with Gasteiger partial charge in [-0.05, 0) is 101 Å². The number of H-pyrrole nitrogens is 2. The Morgan fingerprint density at radius 2 is 0.627 bits per heavy atom. The van der Waals surface area contributed by atoms with Crippen LogP contribution in [0.1, 0.15) is 50.5 Å². The van der Waals surface area contributed by atoms with Gasteiger partial charge in [0.15, 0.2) is 24.8 Å². The van der Waals surface area contributed by atoms with Crippen molar-refractivity contribution in [2.75, 3.05) is 26.4 Å². The van der Waals surface area contributed by atoms with Crippen LogP contribution in [0.2, 0.25) is 0 Å². The van der Waals surface area contributed by atoms with Crippen LogP contribution in [0.15, 0.2) is 122 Å². The molecule has 9 rings (SSSR count). The van der Waals surface area contributed by atoms with E-state index in [-0.39, 0.29) is 80.6 Å². The molecule has 5 N–H and O–H groups in total. The summed E-state index contributed by atoms with van der Waals surface area (Å²) in [5.41, 5.74) is 10.4. The Morgan fingerprint density at radius 3 is 0.840 bits per heavy atom. The molecule has 2 aliphatic rings. The van der Waals surface area contributed by atoms with E-state index in [1.165, 1.54) is 0 Å². The van der Waals surface area contributed by atoms with Crippen molar-refractivity contribution in [3.8, 4) is 45.0 Å². The van der Waals surface area contributed by atoms with Crippen molar-refractivity contribution in [1.82, 2.24) is 19.9 Å². The first kappa shape index (κ1) is 55.8. The van der Waals surface area contributed by atoms with Gasteiger partial charge in [-0.15, -0.1) is 0 Å². The Kier molecular flexibility index (Phi) is 18.9. The van der Waals surface area contributed by atoms with Crippen LogP contribution >= 0.6 is 0 Å². The first-order chi connectivity index (χ1) is 35.2. The number of fused-ring (bicyclic) bond motifs is 8. The van der Waals surface area contributed by atoms with E-state index < -0.39 is 23.9 Å². The fraction of sp³-hybridized carbons (Fsp3) is 0.214. The summed E-state index contributed by atoms with van der Waals surface area (Å²) in [6, 6.07) is 30.7. The maximum Gasteiger partial charge on any atom is 2.00 e. The standard InChI is InChI=1S/C56H53N8O8.Mn.2H2O/c1-5-69-49(65)33-61-29-13-9-17-45(61)53-37-21-23-39(57-37)54(46-18-10-14-30-62(46)34-50(66)70-6-2)41-25-27-43(59-41)56(48-20-12-16-32-64(48)36-52(68)72-8-4)44-28-26-42(60-44)55(40-24-22-38(53)58-40)47-19-11-15-31-63(47)35-51(67)71-7-3;;;/h9-32H,5-8,33-36H2,1-4H3,(H,57,58,59,60);;2*1H2/q+3;+2;;. The van der Waals surface area contributed by atoms with E-state index in [0.29, 0.717) is 89.9 Å². The van der Waals surface area contributed by atoms with Crippen LogP contribution in [-0.2, 0) is 81.4 Å². The smallest absolute Gasteiger partial charge is 0.870 e. The number of aromatic amines is 2. The Morgan fingerprint density at radius 1 is 0.400 bits per heavy atom. The quantitative estimate of drug-likeness (QED) is 0.0513. The third kappa shape index (κ3) is 12.1. The van der Waals surface area contributed by atoms with Gasteiger partial charge in [-0.25, -0.2) is 29.1 Å². The Labute approximate surface area is 442 Å². The van der Waals surface area contributed by atoms with Crippen LogP contribution in [0, 0.1) is 0 Å². The van der Waals surface area contributed by atoms with E-state index in [0.717, 1.165) is 0 Å². The molecule has 9 heterocycles. The zero-order valence-electron chi connectivity index (χ0n) is 41.8. The molecule has 75 heavy (non-hydrogen) atoms. The summed E-state index contributed by atoms with van der Waals surface area (Å²) >= 11 is 0. The Bertz CT molecular complexity index is 3050. The van der Waals surface area contributed by atoms with Crippen LogP contribution in [0.25, 0.3) is 91.4 Å². The summed E-state index contributed by atoms with van der Waals surface area (Å²) in [6.07, 6.45) is 15.1. The monoisotopic (exact) mass is 1060 g/mol. The SMILES string of the molecule is CCOC(=O)C[n+]1ccccc1-c1c2nc(c(-c3cccc[n+]3CC(=O)OCC)c3ccc([nH]3)c(-c3cccc[n+]3CC(=O)OCC)c3nc(c(-c4cccc[n+]4CC(=O)OCC)c4ccc1[nH]4)C=C3)C=C2.O.[Mn+2].[OH-]. The largest absolute Gasteiger partial charge is 2.00 e. The molecule has 0 aromatic carbocycles. The van der Waals surface area contributed by atoms with E-state index in [2.05, 4.69) is 9.97 Å². The Hall–Kier alpha value is -8.48. The van der Waals surface area contributed by atoms with E-state index in [9.17, 15) is 19.2 Å². The molecule has 18 nitrogen and oxygen atoms in total. The number of carbonyl (C=O) groups excluding carboxylic acids is 4. The maximum absolute atomic E-state index is 13.2. The van der Waals surface area contributed by atoms with Crippen LogP contribution in [0.4, 0.5) is 0 Å². The number of aromatic nitrogens is 8. The average Bonchev–Trinajstić information content (AvgIpc) is 4.23. The molecule has 8 bridgehead atoms. The van der Waals surface area contributed by atoms with Gasteiger partial charge >= 0.3 is 40.9 Å². The molecular formula is C56H57MnN8O10+5. The molecule has 0 unspecified atom stereocenters. The van der Waals surface area contributed by atoms with Gasteiger partial charge in [-0.3, -0.25) is 0 Å². The third-order valence-corrected chi connectivity index (χ3v) is 12.0. The summed E-state index contributed by atoms with van der Waals surface area (Å²) < 4.78 is 29.1. The summed E-state index contributed by atoms with van der Waals surface area (Å²) in [7, 11) is 0. The molecular weight excluding hydrogens is 1000 g/mol. The first-order valence-corrected chi connectivity index (χ1v) is 23.9. The molecule has 0 spiro atoms. The molecule has 0 saturated heterocycles.